The van der Waals surface area contributed by atoms with E-state index in [0.717, 1.165) is 5.56 Å². The van der Waals surface area contributed by atoms with Crippen molar-refractivity contribution in [3.63, 3.8) is 0 Å². The van der Waals surface area contributed by atoms with Crippen molar-refractivity contribution >= 4 is 17.1 Å². The average Bonchev–Trinajstić information content (AvgIpc) is 2.48. The van der Waals surface area contributed by atoms with E-state index in [0.29, 0.717) is 18.7 Å². The van der Waals surface area contributed by atoms with Gasteiger partial charge in [-0.2, -0.15) is 0 Å². The molecule has 2 aromatic rings. The molecule has 7 heteroatoms. The van der Waals surface area contributed by atoms with Crippen molar-refractivity contribution in [2.45, 2.75) is 6.42 Å². The molecule has 0 atom stereocenters. The largest absolute Gasteiger partial charge is 0.385 e. The Hall–Kier alpha value is -2.96. The van der Waals surface area contributed by atoms with Crippen LogP contribution in [0.25, 0.3) is 0 Å². The molecule has 0 amide bonds. The van der Waals surface area contributed by atoms with E-state index in [2.05, 4.69) is 5.32 Å². The van der Waals surface area contributed by atoms with Gasteiger partial charge in [-0.3, -0.25) is 20.2 Å². The zero-order valence-corrected chi connectivity index (χ0v) is 11.1. The van der Waals surface area contributed by atoms with E-state index in [1.807, 2.05) is 0 Å². The zero-order chi connectivity index (χ0) is 15.2. The van der Waals surface area contributed by atoms with Gasteiger partial charge in [0.15, 0.2) is 0 Å². The summed E-state index contributed by atoms with van der Waals surface area (Å²) in [6.45, 7) is 0.582. The number of hydrogen-bond acceptors (Lipinski definition) is 5. The fourth-order valence-electron chi connectivity index (χ4n) is 1.86. The summed E-state index contributed by atoms with van der Waals surface area (Å²) in [6.07, 6.45) is 0.667. The summed E-state index contributed by atoms with van der Waals surface area (Å²) in [4.78, 5) is 20.3. The van der Waals surface area contributed by atoms with Gasteiger partial charge < -0.3 is 5.32 Å². The molecule has 0 unspecified atom stereocenters. The molecule has 7 nitrogen and oxygen atoms in total. The lowest BCUT2D eigenvalue weighted by molar-refractivity contribution is -0.385. The van der Waals surface area contributed by atoms with Gasteiger partial charge in [0.1, 0.15) is 0 Å². The van der Waals surface area contributed by atoms with Gasteiger partial charge in [-0.15, -0.1) is 0 Å². The van der Waals surface area contributed by atoms with Crippen molar-refractivity contribution in [3.8, 4) is 0 Å². The summed E-state index contributed by atoms with van der Waals surface area (Å²) in [5.41, 5.74) is 1.73. The van der Waals surface area contributed by atoms with Crippen molar-refractivity contribution in [3.05, 3.63) is 74.3 Å². The molecular formula is C14H13N3O4. The van der Waals surface area contributed by atoms with Gasteiger partial charge in [0.25, 0.3) is 11.4 Å². The lowest BCUT2D eigenvalue weighted by Gasteiger charge is -2.06. The number of nitrogens with zero attached hydrogens (tertiary/aromatic N) is 2. The second kappa shape index (κ2) is 6.47. The highest BCUT2D eigenvalue weighted by atomic mass is 16.6. The molecule has 0 radical (unpaired) electrons. The van der Waals surface area contributed by atoms with E-state index < -0.39 is 9.85 Å². The minimum atomic E-state index is -0.443. The first-order valence-electron chi connectivity index (χ1n) is 6.28. The molecule has 0 aliphatic carbocycles. The van der Waals surface area contributed by atoms with Crippen LogP contribution in [0.3, 0.4) is 0 Å². The van der Waals surface area contributed by atoms with Gasteiger partial charge in [0, 0.05) is 36.5 Å². The maximum absolute atomic E-state index is 10.7. The minimum Gasteiger partial charge on any atom is -0.385 e. The molecule has 0 fully saturated rings. The summed E-state index contributed by atoms with van der Waals surface area (Å²) >= 11 is 0. The molecule has 108 valence electrons. The topological polar surface area (TPSA) is 98.3 Å². The number of anilines is 1. The van der Waals surface area contributed by atoms with Gasteiger partial charge >= 0.3 is 0 Å². The SMILES string of the molecule is O=[N+]([O-])c1ccc(CCNc2cccc([N+](=O)[O-])c2)cc1. The van der Waals surface area contributed by atoms with E-state index >= 15 is 0 Å². The highest BCUT2D eigenvalue weighted by molar-refractivity contribution is 5.51. The van der Waals surface area contributed by atoms with E-state index in [9.17, 15) is 20.2 Å². The average molecular weight is 287 g/mol. The van der Waals surface area contributed by atoms with Crippen LogP contribution in [0, 0.1) is 20.2 Å². The van der Waals surface area contributed by atoms with Crippen LogP contribution in [0.15, 0.2) is 48.5 Å². The summed E-state index contributed by atoms with van der Waals surface area (Å²) in [5, 5.41) is 24.3. The number of nitro benzene ring substituents is 2. The number of benzene rings is 2. The van der Waals surface area contributed by atoms with Crippen molar-refractivity contribution in [1.82, 2.24) is 0 Å². The predicted octanol–water partition coefficient (Wildman–Crippen LogP) is 3.16. The number of nitrogens with one attached hydrogen (secondary N) is 1. The third-order valence-corrected chi connectivity index (χ3v) is 2.95. The Morgan fingerprint density at radius 1 is 0.905 bits per heavy atom. The second-order valence-corrected chi connectivity index (χ2v) is 4.41. The van der Waals surface area contributed by atoms with E-state index in [1.165, 1.54) is 24.3 Å². The highest BCUT2D eigenvalue weighted by Crippen LogP contribution is 2.17. The Morgan fingerprint density at radius 2 is 1.57 bits per heavy atom. The highest BCUT2D eigenvalue weighted by Gasteiger charge is 2.06. The maximum Gasteiger partial charge on any atom is 0.271 e. The quantitative estimate of drug-likeness (QED) is 0.650. The van der Waals surface area contributed by atoms with Crippen LogP contribution in [0.2, 0.25) is 0 Å². The molecule has 0 aromatic heterocycles. The number of nitro groups is 2. The fraction of sp³-hybridized carbons (Fsp3) is 0.143. The van der Waals surface area contributed by atoms with Crippen molar-refractivity contribution in [1.29, 1.82) is 0 Å². The van der Waals surface area contributed by atoms with Crippen LogP contribution < -0.4 is 5.32 Å². The molecule has 0 bridgehead atoms. The first kappa shape index (κ1) is 14.4. The van der Waals surface area contributed by atoms with Gasteiger partial charge in [0.05, 0.1) is 9.85 Å². The van der Waals surface area contributed by atoms with Crippen molar-refractivity contribution in [2.24, 2.45) is 0 Å². The number of hydrogen-bond donors (Lipinski definition) is 1. The predicted molar refractivity (Wildman–Crippen MR) is 78.4 cm³/mol. The molecular weight excluding hydrogens is 274 g/mol. The molecule has 0 heterocycles. The van der Waals surface area contributed by atoms with Crippen LogP contribution in [-0.2, 0) is 6.42 Å². The number of non-ortho nitro benzene ring substituents is 2. The Morgan fingerprint density at radius 3 is 2.19 bits per heavy atom. The zero-order valence-electron chi connectivity index (χ0n) is 11.1. The molecule has 21 heavy (non-hydrogen) atoms. The van der Waals surface area contributed by atoms with Crippen LogP contribution in [0.5, 0.6) is 0 Å². The monoisotopic (exact) mass is 287 g/mol. The molecule has 0 spiro atoms. The normalized spacial score (nSPS) is 10.1. The summed E-state index contributed by atoms with van der Waals surface area (Å²) < 4.78 is 0. The van der Waals surface area contributed by atoms with Crippen LogP contribution >= 0.6 is 0 Å². The standard InChI is InChI=1S/C14H13N3O4/c18-16(19)13-6-4-11(5-7-13)8-9-15-12-2-1-3-14(10-12)17(20)21/h1-7,10,15H,8-9H2. The molecule has 2 rings (SSSR count). The second-order valence-electron chi connectivity index (χ2n) is 4.41. The lowest BCUT2D eigenvalue weighted by atomic mass is 10.1. The molecule has 0 saturated carbocycles. The minimum absolute atomic E-state index is 0.0373. The lowest BCUT2D eigenvalue weighted by Crippen LogP contribution is -2.05. The third kappa shape index (κ3) is 4.00. The van der Waals surface area contributed by atoms with Gasteiger partial charge in [0.2, 0.25) is 0 Å². The summed E-state index contributed by atoms with van der Waals surface area (Å²) in [7, 11) is 0. The Labute approximate surface area is 120 Å². The summed E-state index contributed by atoms with van der Waals surface area (Å²) in [6, 6.07) is 12.6. The molecule has 2 aromatic carbocycles. The van der Waals surface area contributed by atoms with Crippen LogP contribution in [-0.4, -0.2) is 16.4 Å². The van der Waals surface area contributed by atoms with Gasteiger partial charge in [-0.1, -0.05) is 18.2 Å². The first-order valence-corrected chi connectivity index (χ1v) is 6.28. The third-order valence-electron chi connectivity index (χ3n) is 2.95. The smallest absolute Gasteiger partial charge is 0.271 e. The van der Waals surface area contributed by atoms with Gasteiger partial charge in [-0.05, 0) is 18.1 Å². The first-order chi connectivity index (χ1) is 10.1. The molecule has 1 N–H and O–H groups in total. The van der Waals surface area contributed by atoms with Crippen molar-refractivity contribution in [2.75, 3.05) is 11.9 Å². The van der Waals surface area contributed by atoms with Crippen molar-refractivity contribution < 1.29 is 9.85 Å². The molecule has 0 aliphatic heterocycles. The van der Waals surface area contributed by atoms with E-state index in [1.54, 1.807) is 24.3 Å². The fourth-order valence-corrected chi connectivity index (χ4v) is 1.86. The Bertz CT molecular complexity index is 656. The van der Waals surface area contributed by atoms with Crippen LogP contribution in [0.4, 0.5) is 17.1 Å². The Kier molecular flexibility index (Phi) is 4.45. The van der Waals surface area contributed by atoms with Gasteiger partial charge in [-0.25, -0.2) is 0 Å². The maximum atomic E-state index is 10.7. The van der Waals surface area contributed by atoms with E-state index in [-0.39, 0.29) is 11.4 Å². The summed E-state index contributed by atoms with van der Waals surface area (Å²) in [5.74, 6) is 0. The Balaban J connectivity index is 1.90. The molecule has 0 aliphatic rings. The number of rotatable bonds is 6. The molecule has 0 saturated heterocycles. The van der Waals surface area contributed by atoms with Crippen LogP contribution in [0.1, 0.15) is 5.56 Å². The van der Waals surface area contributed by atoms with E-state index in [4.69, 9.17) is 0 Å².